The van der Waals surface area contributed by atoms with Crippen LogP contribution in [0.1, 0.15) is 0 Å². The number of hydrogen-bond donors (Lipinski definition) is 7. The predicted molar refractivity (Wildman–Crippen MR) is 58.5 cm³/mol. The van der Waals surface area contributed by atoms with Crippen LogP contribution in [0.3, 0.4) is 0 Å². The number of carbonyl (C=O) groups excluding carboxylic acids is 1. The maximum atomic E-state index is 9.90. The molecule has 0 aliphatic rings. The predicted octanol–water partition coefficient (Wildman–Crippen LogP) is -4.68. The SMILES string of the molecule is O=C[C@H](O)[C@@H](O)[C@H](O)[C@H](O)CO.O=S(=O)(O)O.[NaH]. The summed E-state index contributed by atoms with van der Waals surface area (Å²) in [6, 6.07) is 0. The molecule has 12 heteroatoms. The number of rotatable bonds is 5. The summed E-state index contributed by atoms with van der Waals surface area (Å²) in [6.45, 7) is -0.760. The van der Waals surface area contributed by atoms with Crippen LogP contribution in [-0.2, 0) is 15.2 Å². The Labute approximate surface area is 125 Å². The van der Waals surface area contributed by atoms with Gasteiger partial charge in [0.1, 0.15) is 24.4 Å². The van der Waals surface area contributed by atoms with E-state index in [1.54, 1.807) is 0 Å². The standard InChI is InChI=1S/C6H12O6.Na.H2O4S.H/c7-1-3(9)5(11)6(12)4(10)2-8;;1-5(2,3)4;/h1,3-6,8-12H,2H2;;(H2,1,2,3,4);/t3-,4+,5+,6+;;;/m0.../s1. The third kappa shape index (κ3) is 14.4. The van der Waals surface area contributed by atoms with E-state index in [4.69, 9.17) is 43.1 Å². The molecule has 0 radical (unpaired) electrons. The van der Waals surface area contributed by atoms with Gasteiger partial charge in [0.25, 0.3) is 0 Å². The monoisotopic (exact) mass is 302 g/mol. The van der Waals surface area contributed by atoms with Crippen LogP contribution in [0, 0.1) is 0 Å². The molecule has 4 atom stereocenters. The van der Waals surface area contributed by atoms with E-state index in [0.29, 0.717) is 0 Å². The Morgan fingerprint density at radius 2 is 1.33 bits per heavy atom. The fourth-order valence-electron chi connectivity index (χ4n) is 0.618. The first kappa shape index (κ1) is 23.4. The van der Waals surface area contributed by atoms with Crippen molar-refractivity contribution in [1.29, 1.82) is 0 Å². The molecule has 0 aromatic rings. The van der Waals surface area contributed by atoms with Crippen molar-refractivity contribution in [1.82, 2.24) is 0 Å². The van der Waals surface area contributed by atoms with Crippen LogP contribution in [0.4, 0.5) is 0 Å². The molecule has 0 aliphatic carbocycles. The van der Waals surface area contributed by atoms with Gasteiger partial charge in [-0.25, -0.2) is 0 Å². The molecular weight excluding hydrogens is 287 g/mol. The second-order valence-electron chi connectivity index (χ2n) is 2.81. The van der Waals surface area contributed by atoms with Crippen molar-refractivity contribution in [3.05, 3.63) is 0 Å². The first-order chi connectivity index (χ1) is 7.54. The van der Waals surface area contributed by atoms with Gasteiger partial charge in [-0.15, -0.1) is 0 Å². The van der Waals surface area contributed by atoms with Crippen LogP contribution < -0.4 is 0 Å². The van der Waals surface area contributed by atoms with E-state index in [1.165, 1.54) is 0 Å². The quantitative estimate of drug-likeness (QED) is 0.147. The fourth-order valence-corrected chi connectivity index (χ4v) is 0.618. The summed E-state index contributed by atoms with van der Waals surface area (Å²) in [7, 11) is -4.67. The second-order valence-corrected chi connectivity index (χ2v) is 3.70. The molecule has 0 saturated heterocycles. The van der Waals surface area contributed by atoms with Crippen LogP contribution in [0.15, 0.2) is 0 Å². The fraction of sp³-hybridized carbons (Fsp3) is 0.833. The van der Waals surface area contributed by atoms with Crippen molar-refractivity contribution in [2.75, 3.05) is 6.61 Å². The summed E-state index contributed by atoms with van der Waals surface area (Å²) < 4.78 is 31.6. The normalized spacial score (nSPS) is 17.3. The first-order valence-corrected chi connectivity index (χ1v) is 5.42. The summed E-state index contributed by atoms with van der Waals surface area (Å²) in [5, 5.41) is 43.5. The summed E-state index contributed by atoms with van der Waals surface area (Å²) in [5.41, 5.74) is 0. The van der Waals surface area contributed by atoms with Crippen molar-refractivity contribution < 1.29 is 47.9 Å². The van der Waals surface area contributed by atoms with Gasteiger partial charge in [0, 0.05) is 0 Å². The molecule has 0 spiro atoms. The molecular formula is C6H15NaO10S. The molecule has 0 aromatic heterocycles. The third-order valence-electron chi connectivity index (χ3n) is 1.42. The molecule has 0 saturated carbocycles. The van der Waals surface area contributed by atoms with E-state index in [9.17, 15) is 4.79 Å². The zero-order valence-corrected chi connectivity index (χ0v) is 9.17. The zero-order chi connectivity index (χ0) is 14.2. The molecule has 7 N–H and O–H groups in total. The van der Waals surface area contributed by atoms with Crippen molar-refractivity contribution >= 4 is 46.2 Å². The zero-order valence-electron chi connectivity index (χ0n) is 8.36. The molecule has 0 rings (SSSR count). The molecule has 0 fully saturated rings. The molecule has 0 amide bonds. The third-order valence-corrected chi connectivity index (χ3v) is 1.42. The Morgan fingerprint density at radius 3 is 1.56 bits per heavy atom. The molecule has 0 unspecified atom stereocenters. The Balaban J connectivity index is -0.000000321. The molecule has 106 valence electrons. The van der Waals surface area contributed by atoms with Crippen LogP contribution in [-0.4, -0.2) is 110 Å². The minimum atomic E-state index is -4.67. The van der Waals surface area contributed by atoms with Crippen LogP contribution in [0.2, 0.25) is 0 Å². The van der Waals surface area contributed by atoms with Gasteiger partial charge in [-0.05, 0) is 0 Å². The van der Waals surface area contributed by atoms with Crippen molar-refractivity contribution in [3.8, 4) is 0 Å². The van der Waals surface area contributed by atoms with Gasteiger partial charge in [0.2, 0.25) is 0 Å². The topological polar surface area (TPSA) is 193 Å². The number of carbonyl (C=O) groups is 1. The number of aliphatic hydroxyl groups excluding tert-OH is 5. The van der Waals surface area contributed by atoms with E-state index in [1.807, 2.05) is 0 Å². The van der Waals surface area contributed by atoms with Gasteiger partial charge < -0.3 is 30.3 Å². The average Bonchev–Trinajstić information content (AvgIpc) is 2.22. The Morgan fingerprint density at radius 1 is 1.00 bits per heavy atom. The summed E-state index contributed by atoms with van der Waals surface area (Å²) >= 11 is 0. The van der Waals surface area contributed by atoms with Crippen LogP contribution in [0.25, 0.3) is 0 Å². The van der Waals surface area contributed by atoms with Gasteiger partial charge in [-0.1, -0.05) is 0 Å². The van der Waals surface area contributed by atoms with Gasteiger partial charge in [-0.2, -0.15) is 8.42 Å². The number of aliphatic hydroxyl groups is 5. The Kier molecular flexibility index (Phi) is 14.6. The van der Waals surface area contributed by atoms with Gasteiger partial charge in [-0.3, -0.25) is 9.11 Å². The summed E-state index contributed by atoms with van der Waals surface area (Å²) in [6.07, 6.45) is -6.84. The first-order valence-electron chi connectivity index (χ1n) is 4.02. The van der Waals surface area contributed by atoms with Crippen molar-refractivity contribution in [3.63, 3.8) is 0 Å². The van der Waals surface area contributed by atoms with Gasteiger partial charge in [0.05, 0.1) is 6.61 Å². The number of aldehydes is 1. The molecule has 10 nitrogen and oxygen atoms in total. The van der Waals surface area contributed by atoms with Gasteiger partial charge >= 0.3 is 40.0 Å². The van der Waals surface area contributed by atoms with E-state index in [-0.39, 0.29) is 35.8 Å². The van der Waals surface area contributed by atoms with Crippen LogP contribution in [0.5, 0.6) is 0 Å². The van der Waals surface area contributed by atoms with Gasteiger partial charge in [0.15, 0.2) is 6.29 Å². The average molecular weight is 302 g/mol. The van der Waals surface area contributed by atoms with E-state index < -0.39 is 41.4 Å². The maximum absolute atomic E-state index is 9.90. The molecule has 0 bridgehead atoms. The van der Waals surface area contributed by atoms with E-state index in [0.717, 1.165) is 0 Å². The molecule has 0 aliphatic heterocycles. The number of hydrogen-bond acceptors (Lipinski definition) is 8. The van der Waals surface area contributed by atoms with E-state index in [2.05, 4.69) is 0 Å². The molecule has 18 heavy (non-hydrogen) atoms. The molecule has 0 aromatic carbocycles. The summed E-state index contributed by atoms with van der Waals surface area (Å²) in [4.78, 5) is 9.90. The van der Waals surface area contributed by atoms with Crippen LogP contribution >= 0.6 is 0 Å². The summed E-state index contributed by atoms with van der Waals surface area (Å²) in [5.74, 6) is 0. The minimum absolute atomic E-state index is 0. The Hall–Kier alpha value is 0.340. The Bertz CT molecular complexity index is 297. The van der Waals surface area contributed by atoms with Crippen molar-refractivity contribution in [2.24, 2.45) is 0 Å². The second kappa shape index (κ2) is 11.2. The van der Waals surface area contributed by atoms with Crippen molar-refractivity contribution in [2.45, 2.75) is 24.4 Å². The van der Waals surface area contributed by atoms with E-state index >= 15 is 0 Å². The molecule has 0 heterocycles.